The Kier molecular flexibility index (Phi) is 6.50. The van der Waals surface area contributed by atoms with Gasteiger partial charge in [-0.3, -0.25) is 4.79 Å². The second-order valence-electron chi connectivity index (χ2n) is 6.93. The molecule has 0 aliphatic rings. The largest absolute Gasteiger partial charge is 0.494 e. The van der Waals surface area contributed by atoms with E-state index in [2.05, 4.69) is 0 Å². The molecule has 7 heteroatoms. The molecular formula is C23H21F3O4. The smallest absolute Gasteiger partial charge is 0.416 e. The molecule has 1 heterocycles. The number of hydrogen-bond acceptors (Lipinski definition) is 3. The third-order valence-corrected chi connectivity index (χ3v) is 4.66. The Labute approximate surface area is 171 Å². The van der Waals surface area contributed by atoms with Gasteiger partial charge in [-0.25, -0.2) is 0 Å². The lowest BCUT2D eigenvalue weighted by Gasteiger charge is -2.06. The monoisotopic (exact) mass is 418 g/mol. The number of carbonyl (C=O) groups is 1. The van der Waals surface area contributed by atoms with E-state index in [1.807, 2.05) is 13.0 Å². The van der Waals surface area contributed by atoms with Crippen molar-refractivity contribution in [1.82, 2.24) is 0 Å². The summed E-state index contributed by atoms with van der Waals surface area (Å²) in [6, 6.07) is 13.7. The quantitative estimate of drug-likeness (QED) is 0.462. The number of hydrogen-bond donors (Lipinski definition) is 1. The van der Waals surface area contributed by atoms with Gasteiger partial charge in [0.25, 0.3) is 0 Å². The lowest BCUT2D eigenvalue weighted by Crippen LogP contribution is -2.03. The average Bonchev–Trinajstić information content (AvgIpc) is 3.06. The van der Waals surface area contributed by atoms with Gasteiger partial charge >= 0.3 is 12.1 Å². The van der Waals surface area contributed by atoms with Crippen LogP contribution in [0.3, 0.4) is 0 Å². The van der Waals surface area contributed by atoms with Gasteiger partial charge < -0.3 is 14.3 Å². The highest BCUT2D eigenvalue weighted by Crippen LogP contribution is 2.32. The predicted octanol–water partition coefficient (Wildman–Crippen LogP) is 5.91. The molecule has 1 aromatic heterocycles. The molecule has 0 saturated heterocycles. The lowest BCUT2D eigenvalue weighted by atomic mass is 10.1. The maximum absolute atomic E-state index is 12.7. The normalized spacial score (nSPS) is 11.5. The Morgan fingerprint density at radius 2 is 1.73 bits per heavy atom. The van der Waals surface area contributed by atoms with Gasteiger partial charge in [-0.05, 0) is 61.2 Å². The Bertz CT molecular complexity index is 987. The fourth-order valence-electron chi connectivity index (χ4n) is 3.06. The molecule has 4 nitrogen and oxygen atoms in total. The van der Waals surface area contributed by atoms with Crippen LogP contribution in [0.5, 0.6) is 5.75 Å². The standard InChI is InChI=1S/C23H21F3O4/c1-15-18(3-2-12-29-20-10-4-16(5-11-20)13-22(27)28)14-21(30-15)17-6-8-19(9-7-17)23(24,25)26/h4-11,14H,2-3,12-13H2,1H3,(H,27,28). The van der Waals surface area contributed by atoms with E-state index < -0.39 is 17.7 Å². The predicted molar refractivity (Wildman–Crippen MR) is 105 cm³/mol. The van der Waals surface area contributed by atoms with Crippen molar-refractivity contribution in [2.75, 3.05) is 6.61 Å². The number of ether oxygens (including phenoxy) is 1. The topological polar surface area (TPSA) is 59.7 Å². The second kappa shape index (κ2) is 9.07. The van der Waals surface area contributed by atoms with Crippen LogP contribution in [0, 0.1) is 6.92 Å². The second-order valence-corrected chi connectivity index (χ2v) is 6.93. The number of furan rings is 1. The van der Waals surface area contributed by atoms with Crippen LogP contribution in [0.4, 0.5) is 13.2 Å². The highest BCUT2D eigenvalue weighted by molar-refractivity contribution is 5.70. The Hall–Kier alpha value is -3.22. The highest BCUT2D eigenvalue weighted by Gasteiger charge is 2.30. The number of halogens is 3. The van der Waals surface area contributed by atoms with Crippen LogP contribution >= 0.6 is 0 Å². The summed E-state index contributed by atoms with van der Waals surface area (Å²) in [7, 11) is 0. The molecule has 0 atom stereocenters. The summed E-state index contributed by atoms with van der Waals surface area (Å²) in [5, 5.41) is 8.77. The molecule has 0 bridgehead atoms. The molecule has 0 radical (unpaired) electrons. The Balaban J connectivity index is 1.53. The zero-order valence-corrected chi connectivity index (χ0v) is 16.3. The van der Waals surface area contributed by atoms with Crippen LogP contribution in [-0.4, -0.2) is 17.7 Å². The summed E-state index contributed by atoms with van der Waals surface area (Å²) in [6.45, 7) is 2.30. The third kappa shape index (κ3) is 5.65. The molecule has 0 aliphatic heterocycles. The fraction of sp³-hybridized carbons (Fsp3) is 0.261. The Morgan fingerprint density at radius 1 is 1.07 bits per heavy atom. The molecule has 3 aromatic rings. The number of benzene rings is 2. The maximum Gasteiger partial charge on any atom is 0.416 e. The van der Waals surface area contributed by atoms with Gasteiger partial charge in [0.1, 0.15) is 17.3 Å². The first kappa shape index (κ1) is 21.5. The van der Waals surface area contributed by atoms with E-state index in [9.17, 15) is 18.0 Å². The van der Waals surface area contributed by atoms with Gasteiger partial charge in [0.15, 0.2) is 0 Å². The van der Waals surface area contributed by atoms with Gasteiger partial charge in [0, 0.05) is 5.56 Å². The maximum atomic E-state index is 12.7. The zero-order chi connectivity index (χ0) is 21.7. The van der Waals surface area contributed by atoms with Gasteiger partial charge in [-0.1, -0.05) is 24.3 Å². The summed E-state index contributed by atoms with van der Waals surface area (Å²) in [5.41, 5.74) is 1.59. The van der Waals surface area contributed by atoms with E-state index in [1.165, 1.54) is 12.1 Å². The van der Waals surface area contributed by atoms with E-state index >= 15 is 0 Å². The number of carboxylic acid groups (broad SMARTS) is 1. The molecule has 0 amide bonds. The van der Waals surface area contributed by atoms with Gasteiger partial charge in [0.05, 0.1) is 18.6 Å². The van der Waals surface area contributed by atoms with Gasteiger partial charge in [-0.2, -0.15) is 13.2 Å². The molecule has 3 rings (SSSR count). The number of rotatable bonds is 8. The third-order valence-electron chi connectivity index (χ3n) is 4.66. The van der Waals surface area contributed by atoms with E-state index in [0.29, 0.717) is 35.7 Å². The highest BCUT2D eigenvalue weighted by atomic mass is 19.4. The first-order valence-electron chi connectivity index (χ1n) is 9.43. The lowest BCUT2D eigenvalue weighted by molar-refractivity contribution is -0.138. The van der Waals surface area contributed by atoms with Gasteiger partial charge in [0.2, 0.25) is 0 Å². The summed E-state index contributed by atoms with van der Waals surface area (Å²) < 4.78 is 49.5. The van der Waals surface area contributed by atoms with Crippen LogP contribution in [0.25, 0.3) is 11.3 Å². The van der Waals surface area contributed by atoms with Crippen LogP contribution in [0.15, 0.2) is 59.0 Å². The molecule has 0 saturated carbocycles. The number of aryl methyl sites for hydroxylation is 2. The summed E-state index contributed by atoms with van der Waals surface area (Å²) in [4.78, 5) is 10.7. The van der Waals surface area contributed by atoms with Crippen molar-refractivity contribution in [2.24, 2.45) is 0 Å². The molecule has 0 unspecified atom stereocenters. The van der Waals surface area contributed by atoms with Gasteiger partial charge in [-0.15, -0.1) is 0 Å². The van der Waals surface area contributed by atoms with Crippen molar-refractivity contribution in [3.05, 3.63) is 77.0 Å². The minimum atomic E-state index is -4.36. The van der Waals surface area contributed by atoms with Crippen LogP contribution in [0.2, 0.25) is 0 Å². The molecule has 158 valence electrons. The molecule has 2 aromatic carbocycles. The van der Waals surface area contributed by atoms with E-state index in [1.54, 1.807) is 24.3 Å². The number of carboxylic acids is 1. The molecule has 30 heavy (non-hydrogen) atoms. The number of aliphatic carboxylic acids is 1. The molecule has 0 aliphatic carbocycles. The van der Waals surface area contributed by atoms with Crippen molar-refractivity contribution in [1.29, 1.82) is 0 Å². The average molecular weight is 418 g/mol. The van der Waals surface area contributed by atoms with E-state index in [0.717, 1.165) is 29.9 Å². The Morgan fingerprint density at radius 3 is 2.33 bits per heavy atom. The van der Waals surface area contributed by atoms with Crippen LogP contribution in [0.1, 0.15) is 28.9 Å². The first-order chi connectivity index (χ1) is 14.2. The van der Waals surface area contributed by atoms with E-state index in [-0.39, 0.29) is 6.42 Å². The van der Waals surface area contributed by atoms with Crippen molar-refractivity contribution in [3.63, 3.8) is 0 Å². The summed E-state index contributed by atoms with van der Waals surface area (Å²) >= 11 is 0. The minimum Gasteiger partial charge on any atom is -0.494 e. The van der Waals surface area contributed by atoms with Crippen LogP contribution < -0.4 is 4.74 Å². The van der Waals surface area contributed by atoms with Crippen LogP contribution in [-0.2, 0) is 23.8 Å². The molecule has 1 N–H and O–H groups in total. The molecule has 0 fully saturated rings. The van der Waals surface area contributed by atoms with Crippen molar-refractivity contribution < 1.29 is 32.2 Å². The zero-order valence-electron chi connectivity index (χ0n) is 16.3. The number of alkyl halides is 3. The van der Waals surface area contributed by atoms with Crippen molar-refractivity contribution in [3.8, 4) is 17.1 Å². The van der Waals surface area contributed by atoms with E-state index in [4.69, 9.17) is 14.3 Å². The fourth-order valence-corrected chi connectivity index (χ4v) is 3.06. The van der Waals surface area contributed by atoms with Crippen molar-refractivity contribution >= 4 is 5.97 Å². The SMILES string of the molecule is Cc1oc(-c2ccc(C(F)(F)F)cc2)cc1CCCOc1ccc(CC(=O)O)cc1. The minimum absolute atomic E-state index is 0.0265. The molecular weight excluding hydrogens is 397 g/mol. The summed E-state index contributed by atoms with van der Waals surface area (Å²) in [5.74, 6) is 1.04. The summed E-state index contributed by atoms with van der Waals surface area (Å²) in [6.07, 6.45) is -2.96. The molecule has 0 spiro atoms. The van der Waals surface area contributed by atoms with Crippen molar-refractivity contribution in [2.45, 2.75) is 32.4 Å². The first-order valence-corrected chi connectivity index (χ1v) is 9.43.